The number of rotatable bonds is 11. The van der Waals surface area contributed by atoms with Gasteiger partial charge in [0.15, 0.2) is 0 Å². The Hall–Kier alpha value is -1.10. The number of hydroxylamine groups is 1. The summed E-state index contributed by atoms with van der Waals surface area (Å²) in [5.41, 5.74) is 2.14. The Morgan fingerprint density at radius 2 is 1.88 bits per heavy atom. The maximum atomic E-state index is 11.0. The number of esters is 1. The molecule has 0 radical (unpaired) electrons. The molecule has 1 N–H and O–H groups in total. The van der Waals surface area contributed by atoms with Gasteiger partial charge in [0, 0.05) is 6.42 Å². The second-order valence-electron chi connectivity index (χ2n) is 3.41. The molecule has 1 amide bonds. The third kappa shape index (κ3) is 11.0. The van der Waals surface area contributed by atoms with Crippen molar-refractivity contribution in [1.82, 2.24) is 5.48 Å². The second kappa shape index (κ2) is 12.0. The zero-order valence-electron chi connectivity index (χ0n) is 9.87. The first-order valence-electron chi connectivity index (χ1n) is 5.77. The summed E-state index contributed by atoms with van der Waals surface area (Å²) < 4.78 is 4.81. The van der Waals surface area contributed by atoms with E-state index in [2.05, 4.69) is 5.48 Å². The van der Waals surface area contributed by atoms with E-state index < -0.39 is 0 Å². The number of carbonyl (C=O) groups is 2. The summed E-state index contributed by atoms with van der Waals surface area (Å²) in [5, 5.41) is 0. The lowest BCUT2D eigenvalue weighted by atomic mass is 10.1. The van der Waals surface area contributed by atoms with E-state index >= 15 is 0 Å². The minimum Gasteiger partial charge on any atom is -0.466 e. The highest BCUT2D eigenvalue weighted by atomic mass is 16.6. The number of nitrogens with one attached hydrogen (secondary N) is 1. The molecule has 0 aromatic heterocycles. The average molecular weight is 231 g/mol. The third-order valence-corrected chi connectivity index (χ3v) is 2.06. The predicted octanol–water partition coefficient (Wildman–Crippen LogP) is 1.57. The molecular weight excluding hydrogens is 210 g/mol. The van der Waals surface area contributed by atoms with Gasteiger partial charge in [0.25, 0.3) is 0 Å². The van der Waals surface area contributed by atoms with Crippen LogP contribution >= 0.6 is 0 Å². The summed E-state index contributed by atoms with van der Waals surface area (Å²) in [4.78, 5) is 25.6. The first-order valence-corrected chi connectivity index (χ1v) is 5.77. The van der Waals surface area contributed by atoms with Gasteiger partial charge < -0.3 is 4.74 Å². The highest BCUT2D eigenvalue weighted by Gasteiger charge is 2.00. The van der Waals surface area contributed by atoms with Crippen LogP contribution in [0.1, 0.15) is 45.4 Å². The molecule has 0 aromatic carbocycles. The number of hydrogen-bond acceptors (Lipinski definition) is 4. The highest BCUT2D eigenvalue weighted by molar-refractivity contribution is 5.69. The van der Waals surface area contributed by atoms with Gasteiger partial charge in [0.05, 0.1) is 13.2 Å². The Morgan fingerprint density at radius 3 is 2.56 bits per heavy atom. The maximum Gasteiger partial charge on any atom is 0.305 e. The Balaban J connectivity index is 3.03. The lowest BCUT2D eigenvalue weighted by Crippen LogP contribution is -2.12. The summed E-state index contributed by atoms with van der Waals surface area (Å²) in [6.45, 7) is 2.81. The van der Waals surface area contributed by atoms with Gasteiger partial charge in [-0.05, 0) is 19.8 Å². The third-order valence-electron chi connectivity index (χ3n) is 2.06. The number of carbonyl (C=O) groups excluding carboxylic acids is 2. The molecule has 0 aliphatic heterocycles. The zero-order chi connectivity index (χ0) is 12.1. The Labute approximate surface area is 96.4 Å². The van der Waals surface area contributed by atoms with Crippen molar-refractivity contribution in [2.24, 2.45) is 0 Å². The van der Waals surface area contributed by atoms with E-state index in [1.54, 1.807) is 0 Å². The number of amides is 1. The predicted molar refractivity (Wildman–Crippen MR) is 59.5 cm³/mol. The fourth-order valence-electron chi connectivity index (χ4n) is 1.30. The van der Waals surface area contributed by atoms with E-state index in [1.807, 2.05) is 6.92 Å². The quantitative estimate of drug-likeness (QED) is 0.254. The van der Waals surface area contributed by atoms with Crippen LogP contribution in [0.5, 0.6) is 0 Å². The fraction of sp³-hybridized carbons (Fsp3) is 0.818. The van der Waals surface area contributed by atoms with Crippen LogP contribution in [0.2, 0.25) is 0 Å². The summed E-state index contributed by atoms with van der Waals surface area (Å²) in [6, 6.07) is 0. The maximum absolute atomic E-state index is 11.0. The molecule has 0 unspecified atom stereocenters. The smallest absolute Gasteiger partial charge is 0.305 e. The van der Waals surface area contributed by atoms with Gasteiger partial charge in [-0.15, -0.1) is 0 Å². The Kier molecular flexibility index (Phi) is 11.1. The molecule has 0 rings (SSSR count). The SMILES string of the molecule is CCOC(=O)CCCCCCCONC=O. The molecular formula is C11H21NO4. The second-order valence-corrected chi connectivity index (χ2v) is 3.41. The van der Waals surface area contributed by atoms with Crippen molar-refractivity contribution in [2.75, 3.05) is 13.2 Å². The van der Waals surface area contributed by atoms with Crippen molar-refractivity contribution >= 4 is 12.4 Å². The molecule has 0 aliphatic rings. The van der Waals surface area contributed by atoms with Crippen molar-refractivity contribution in [3.63, 3.8) is 0 Å². The van der Waals surface area contributed by atoms with Crippen LogP contribution < -0.4 is 5.48 Å². The summed E-state index contributed by atoms with van der Waals surface area (Å²) >= 11 is 0. The van der Waals surface area contributed by atoms with E-state index in [1.165, 1.54) is 0 Å². The average Bonchev–Trinajstić information content (AvgIpc) is 2.27. The molecule has 0 saturated carbocycles. The minimum atomic E-state index is -0.110. The van der Waals surface area contributed by atoms with Crippen LogP contribution in [0.15, 0.2) is 0 Å². The standard InChI is InChI=1S/C11H21NO4/c1-2-15-11(14)8-6-4-3-5-7-9-16-12-10-13/h10H,2-9H2,1H3,(H,12,13). The van der Waals surface area contributed by atoms with Crippen molar-refractivity contribution in [1.29, 1.82) is 0 Å². The van der Waals surface area contributed by atoms with Gasteiger partial charge in [0.1, 0.15) is 0 Å². The van der Waals surface area contributed by atoms with Gasteiger partial charge in [-0.3, -0.25) is 14.4 Å². The van der Waals surface area contributed by atoms with E-state index in [4.69, 9.17) is 9.57 Å². The number of ether oxygens (including phenoxy) is 1. The van der Waals surface area contributed by atoms with Crippen molar-refractivity contribution in [3.05, 3.63) is 0 Å². The van der Waals surface area contributed by atoms with E-state index in [0.717, 1.165) is 32.1 Å². The lowest BCUT2D eigenvalue weighted by Gasteiger charge is -2.02. The summed E-state index contributed by atoms with van der Waals surface area (Å²) in [5.74, 6) is -0.110. The van der Waals surface area contributed by atoms with E-state index in [0.29, 0.717) is 26.0 Å². The topological polar surface area (TPSA) is 64.6 Å². The number of unbranched alkanes of at least 4 members (excludes halogenated alkanes) is 4. The van der Waals surface area contributed by atoms with Crippen LogP contribution in [0, 0.1) is 0 Å². The van der Waals surface area contributed by atoms with Crippen molar-refractivity contribution in [2.45, 2.75) is 45.4 Å². The Bertz CT molecular complexity index is 185. The van der Waals surface area contributed by atoms with Crippen LogP contribution in [-0.2, 0) is 19.2 Å². The van der Waals surface area contributed by atoms with E-state index in [-0.39, 0.29) is 5.97 Å². The molecule has 0 saturated heterocycles. The van der Waals surface area contributed by atoms with Gasteiger partial charge in [-0.2, -0.15) is 0 Å². The van der Waals surface area contributed by atoms with Crippen LogP contribution in [-0.4, -0.2) is 25.6 Å². The fourth-order valence-corrected chi connectivity index (χ4v) is 1.30. The van der Waals surface area contributed by atoms with Gasteiger partial charge in [-0.1, -0.05) is 19.3 Å². The zero-order valence-corrected chi connectivity index (χ0v) is 9.87. The first-order chi connectivity index (χ1) is 7.81. The van der Waals surface area contributed by atoms with E-state index in [9.17, 15) is 9.59 Å². The molecule has 16 heavy (non-hydrogen) atoms. The van der Waals surface area contributed by atoms with Gasteiger partial charge in [-0.25, -0.2) is 5.48 Å². The summed E-state index contributed by atoms with van der Waals surface area (Å²) in [6.07, 6.45) is 5.97. The molecule has 5 heteroatoms. The van der Waals surface area contributed by atoms with Crippen molar-refractivity contribution < 1.29 is 19.2 Å². The van der Waals surface area contributed by atoms with Crippen LogP contribution in [0.4, 0.5) is 0 Å². The van der Waals surface area contributed by atoms with Crippen LogP contribution in [0.25, 0.3) is 0 Å². The first kappa shape index (κ1) is 14.9. The molecule has 5 nitrogen and oxygen atoms in total. The van der Waals surface area contributed by atoms with Crippen LogP contribution in [0.3, 0.4) is 0 Å². The monoisotopic (exact) mass is 231 g/mol. The van der Waals surface area contributed by atoms with Gasteiger partial charge >= 0.3 is 5.97 Å². The van der Waals surface area contributed by atoms with Gasteiger partial charge in [0.2, 0.25) is 6.41 Å². The lowest BCUT2D eigenvalue weighted by molar-refractivity contribution is -0.143. The largest absolute Gasteiger partial charge is 0.466 e. The number of hydrogen-bond donors (Lipinski definition) is 1. The molecule has 0 heterocycles. The molecule has 0 aliphatic carbocycles. The molecule has 0 bridgehead atoms. The highest BCUT2D eigenvalue weighted by Crippen LogP contribution is 2.06. The molecule has 0 fully saturated rings. The minimum absolute atomic E-state index is 0.110. The molecule has 0 spiro atoms. The normalized spacial score (nSPS) is 9.81. The summed E-state index contributed by atoms with van der Waals surface area (Å²) in [7, 11) is 0. The Morgan fingerprint density at radius 1 is 1.19 bits per heavy atom. The molecule has 0 atom stereocenters. The van der Waals surface area contributed by atoms with Crippen molar-refractivity contribution in [3.8, 4) is 0 Å². The molecule has 0 aromatic rings. The molecule has 94 valence electrons.